The molecule has 1 aromatic carbocycles. The van der Waals surface area contributed by atoms with Gasteiger partial charge in [0.15, 0.2) is 0 Å². The Morgan fingerprint density at radius 2 is 1.90 bits per heavy atom. The van der Waals surface area contributed by atoms with E-state index >= 15 is 0 Å². The Hall–Kier alpha value is -1.88. The van der Waals surface area contributed by atoms with Crippen molar-refractivity contribution >= 4 is 17.5 Å². The van der Waals surface area contributed by atoms with Gasteiger partial charge in [-0.1, -0.05) is 0 Å². The molecule has 1 aliphatic carbocycles. The van der Waals surface area contributed by atoms with Gasteiger partial charge in [-0.2, -0.15) is 0 Å². The van der Waals surface area contributed by atoms with Crippen LogP contribution in [0.4, 0.5) is 5.69 Å². The van der Waals surface area contributed by atoms with Crippen molar-refractivity contribution in [1.82, 2.24) is 5.32 Å². The molecule has 5 nitrogen and oxygen atoms in total. The average Bonchev–Trinajstić information content (AvgIpc) is 3.24. The third-order valence-electron chi connectivity index (χ3n) is 3.66. The van der Waals surface area contributed by atoms with E-state index in [1.165, 1.54) is 0 Å². The Morgan fingerprint density at radius 1 is 1.30 bits per heavy atom. The lowest BCUT2D eigenvalue weighted by Gasteiger charge is -2.23. The molecule has 0 bridgehead atoms. The second-order valence-corrected chi connectivity index (χ2v) is 5.45. The quantitative estimate of drug-likeness (QED) is 0.761. The summed E-state index contributed by atoms with van der Waals surface area (Å²) in [6.45, 7) is 4.22. The predicted molar refractivity (Wildman–Crippen MR) is 78.4 cm³/mol. The summed E-state index contributed by atoms with van der Waals surface area (Å²) in [5.74, 6) is -0.0186. The fourth-order valence-corrected chi connectivity index (χ4v) is 2.10. The topological polar surface area (TPSA) is 84.2 Å². The highest BCUT2D eigenvalue weighted by molar-refractivity contribution is 5.99. The Labute approximate surface area is 118 Å². The molecule has 1 saturated carbocycles. The van der Waals surface area contributed by atoms with Gasteiger partial charge in [-0.3, -0.25) is 9.59 Å². The number of anilines is 1. The first-order valence-electron chi connectivity index (χ1n) is 6.93. The molecule has 1 aliphatic rings. The molecule has 0 aliphatic heterocycles. The van der Waals surface area contributed by atoms with Crippen molar-refractivity contribution in [2.24, 2.45) is 11.7 Å². The number of nitrogens with one attached hydrogen (secondary N) is 2. The molecule has 0 heterocycles. The first-order chi connectivity index (χ1) is 9.45. The van der Waals surface area contributed by atoms with Crippen LogP contribution in [-0.2, 0) is 4.79 Å². The highest BCUT2D eigenvalue weighted by Crippen LogP contribution is 2.38. The van der Waals surface area contributed by atoms with E-state index in [-0.39, 0.29) is 17.7 Å². The Balaban J connectivity index is 2.00. The largest absolute Gasteiger partial charge is 0.352 e. The summed E-state index contributed by atoms with van der Waals surface area (Å²) < 4.78 is 0. The van der Waals surface area contributed by atoms with E-state index in [2.05, 4.69) is 10.6 Å². The maximum atomic E-state index is 12.1. The zero-order valence-corrected chi connectivity index (χ0v) is 11.9. The van der Waals surface area contributed by atoms with Gasteiger partial charge in [-0.25, -0.2) is 0 Å². The first-order valence-corrected chi connectivity index (χ1v) is 6.93. The molecule has 0 radical (unpaired) electrons. The van der Waals surface area contributed by atoms with Crippen molar-refractivity contribution in [3.05, 3.63) is 29.8 Å². The van der Waals surface area contributed by atoms with Crippen LogP contribution in [0.15, 0.2) is 24.3 Å². The van der Waals surface area contributed by atoms with Gasteiger partial charge in [-0.15, -0.1) is 0 Å². The zero-order valence-electron chi connectivity index (χ0n) is 11.9. The van der Waals surface area contributed by atoms with Crippen molar-refractivity contribution in [1.29, 1.82) is 0 Å². The van der Waals surface area contributed by atoms with Crippen molar-refractivity contribution in [2.75, 3.05) is 11.9 Å². The van der Waals surface area contributed by atoms with Gasteiger partial charge in [0.05, 0.1) is 5.54 Å². The van der Waals surface area contributed by atoms with E-state index in [1.54, 1.807) is 31.2 Å². The van der Waals surface area contributed by atoms with Gasteiger partial charge in [0.25, 0.3) is 5.91 Å². The van der Waals surface area contributed by atoms with Crippen LogP contribution in [0.3, 0.4) is 0 Å². The lowest BCUT2D eigenvalue weighted by atomic mass is 9.96. The summed E-state index contributed by atoms with van der Waals surface area (Å²) in [6, 6.07) is 6.80. The highest BCUT2D eigenvalue weighted by Gasteiger charge is 2.44. The molecule has 108 valence electrons. The van der Waals surface area contributed by atoms with Crippen LogP contribution in [0.5, 0.6) is 0 Å². The molecule has 1 unspecified atom stereocenters. The molecule has 20 heavy (non-hydrogen) atoms. The summed E-state index contributed by atoms with van der Waals surface area (Å²) >= 11 is 0. The third kappa shape index (κ3) is 3.17. The molecule has 1 atom stereocenters. The molecule has 0 saturated heterocycles. The lowest BCUT2D eigenvalue weighted by molar-refractivity contribution is -0.121. The van der Waals surface area contributed by atoms with Crippen molar-refractivity contribution in [3.8, 4) is 0 Å². The maximum Gasteiger partial charge on any atom is 0.251 e. The zero-order chi connectivity index (χ0) is 14.8. The lowest BCUT2D eigenvalue weighted by Crippen LogP contribution is -2.50. The summed E-state index contributed by atoms with van der Waals surface area (Å²) in [4.78, 5) is 23.7. The van der Waals surface area contributed by atoms with Gasteiger partial charge >= 0.3 is 0 Å². The van der Waals surface area contributed by atoms with Crippen LogP contribution in [-0.4, -0.2) is 23.9 Å². The molecule has 0 aromatic heterocycles. The molecule has 0 spiro atoms. The molecule has 1 fully saturated rings. The molecule has 1 aromatic rings. The van der Waals surface area contributed by atoms with E-state index in [0.29, 0.717) is 17.8 Å². The Morgan fingerprint density at radius 3 is 2.40 bits per heavy atom. The summed E-state index contributed by atoms with van der Waals surface area (Å²) in [5, 5.41) is 5.53. The number of carbonyl (C=O) groups is 2. The van der Waals surface area contributed by atoms with Crippen molar-refractivity contribution < 1.29 is 9.59 Å². The molecular formula is C15H21N3O2. The minimum atomic E-state index is -0.821. The van der Waals surface area contributed by atoms with Gasteiger partial charge in [0, 0.05) is 17.8 Å². The average molecular weight is 275 g/mol. The first kappa shape index (κ1) is 14.5. The van der Waals surface area contributed by atoms with E-state index < -0.39 is 5.54 Å². The summed E-state index contributed by atoms with van der Waals surface area (Å²) in [6.07, 6.45) is 2.02. The number of nitrogens with two attached hydrogens (primary N) is 1. The van der Waals surface area contributed by atoms with Crippen molar-refractivity contribution in [2.45, 2.75) is 32.2 Å². The maximum absolute atomic E-state index is 12.1. The van der Waals surface area contributed by atoms with E-state index in [9.17, 15) is 9.59 Å². The van der Waals surface area contributed by atoms with Crippen LogP contribution in [0, 0.1) is 5.92 Å². The van der Waals surface area contributed by atoms with Gasteiger partial charge in [-0.05, 0) is 56.9 Å². The number of carbonyl (C=O) groups excluding carboxylic acids is 2. The minimum Gasteiger partial charge on any atom is -0.352 e. The molecular weight excluding hydrogens is 254 g/mol. The smallest absolute Gasteiger partial charge is 0.251 e. The van der Waals surface area contributed by atoms with Gasteiger partial charge in [0.2, 0.25) is 5.91 Å². The molecule has 2 rings (SSSR count). The highest BCUT2D eigenvalue weighted by atomic mass is 16.2. The summed E-state index contributed by atoms with van der Waals surface area (Å²) in [5.41, 5.74) is 6.46. The Kier molecular flexibility index (Phi) is 4.09. The number of hydrogen-bond acceptors (Lipinski definition) is 3. The van der Waals surface area contributed by atoms with Crippen LogP contribution in [0.2, 0.25) is 0 Å². The van der Waals surface area contributed by atoms with E-state index in [0.717, 1.165) is 12.8 Å². The normalized spacial score (nSPS) is 17.1. The monoisotopic (exact) mass is 275 g/mol. The fourth-order valence-electron chi connectivity index (χ4n) is 2.10. The van der Waals surface area contributed by atoms with E-state index in [1.807, 2.05) is 6.92 Å². The van der Waals surface area contributed by atoms with Gasteiger partial charge < -0.3 is 16.4 Å². The summed E-state index contributed by atoms with van der Waals surface area (Å²) in [7, 11) is 0. The fraction of sp³-hybridized carbons (Fsp3) is 0.467. The van der Waals surface area contributed by atoms with Crippen LogP contribution in [0.1, 0.15) is 37.0 Å². The number of rotatable bonds is 5. The molecule has 4 N–H and O–H groups in total. The van der Waals surface area contributed by atoms with Crippen molar-refractivity contribution in [3.63, 3.8) is 0 Å². The molecule has 5 heteroatoms. The number of amides is 2. The van der Waals surface area contributed by atoms with Gasteiger partial charge in [0.1, 0.15) is 0 Å². The predicted octanol–water partition coefficient (Wildman–Crippen LogP) is 1.50. The number of benzene rings is 1. The second-order valence-electron chi connectivity index (χ2n) is 5.45. The van der Waals surface area contributed by atoms with Crippen LogP contribution < -0.4 is 16.4 Å². The minimum absolute atomic E-state index is 0.118. The SMILES string of the molecule is CCNC(=O)c1ccc(NC(=O)C(C)(N)C2CC2)cc1. The van der Waals surface area contributed by atoms with E-state index in [4.69, 9.17) is 5.73 Å². The number of hydrogen-bond donors (Lipinski definition) is 3. The standard InChI is InChI=1S/C15H21N3O2/c1-3-17-13(19)10-4-8-12(9-5-10)18-14(20)15(2,16)11-6-7-11/h4-5,8-9,11H,3,6-7,16H2,1-2H3,(H,17,19)(H,18,20). The van der Waals surface area contributed by atoms with Crippen LogP contribution >= 0.6 is 0 Å². The Bertz CT molecular complexity index is 504. The third-order valence-corrected chi connectivity index (χ3v) is 3.66. The second kappa shape index (κ2) is 5.63. The molecule has 2 amide bonds. The van der Waals surface area contributed by atoms with Crippen LogP contribution in [0.25, 0.3) is 0 Å².